The van der Waals surface area contributed by atoms with Crippen molar-refractivity contribution < 1.29 is 19.4 Å². The number of halogens is 1. The molecule has 2 heterocycles. The third-order valence-electron chi connectivity index (χ3n) is 6.10. The van der Waals surface area contributed by atoms with Crippen molar-refractivity contribution in [3.63, 3.8) is 0 Å². The van der Waals surface area contributed by atoms with E-state index in [1.165, 1.54) is 0 Å². The lowest BCUT2D eigenvalue weighted by atomic mass is 9.80. The molecule has 2 aromatic rings. The van der Waals surface area contributed by atoms with Crippen LogP contribution in [0.3, 0.4) is 0 Å². The van der Waals surface area contributed by atoms with Crippen LogP contribution in [0.1, 0.15) is 61.0 Å². The molecule has 1 N–H and O–H groups in total. The van der Waals surface area contributed by atoms with Crippen molar-refractivity contribution >= 4 is 33.3 Å². The van der Waals surface area contributed by atoms with Gasteiger partial charge in [-0.1, -0.05) is 35.0 Å². The van der Waals surface area contributed by atoms with Crippen molar-refractivity contribution in [2.45, 2.75) is 50.7 Å². The number of ketones is 1. The molecule has 2 aliphatic heterocycles. The maximum atomic E-state index is 13.5. The first kappa shape index (κ1) is 20.1. The van der Waals surface area contributed by atoms with Gasteiger partial charge < -0.3 is 14.7 Å². The van der Waals surface area contributed by atoms with Crippen LogP contribution >= 0.6 is 15.9 Å². The summed E-state index contributed by atoms with van der Waals surface area (Å²) in [5, 5.41) is 11.6. The number of carbonyl (C=O) groups is 2. The Balaban J connectivity index is 1.85. The zero-order valence-electron chi connectivity index (χ0n) is 17.0. The first-order valence-electron chi connectivity index (χ1n) is 9.67. The Bertz CT molecular complexity index is 1010. The van der Waals surface area contributed by atoms with Gasteiger partial charge in [0.15, 0.2) is 11.4 Å². The van der Waals surface area contributed by atoms with Gasteiger partial charge in [-0.15, -0.1) is 0 Å². The maximum absolute atomic E-state index is 13.5. The van der Waals surface area contributed by atoms with Gasteiger partial charge in [0.2, 0.25) is 0 Å². The monoisotopic (exact) mass is 457 g/mol. The number of hydrogen-bond acceptors (Lipinski definition) is 4. The van der Waals surface area contributed by atoms with Crippen LogP contribution in [-0.4, -0.2) is 29.4 Å². The molecule has 2 atom stereocenters. The molecule has 2 aromatic carbocycles. The van der Waals surface area contributed by atoms with Gasteiger partial charge in [-0.2, -0.15) is 0 Å². The highest BCUT2D eigenvalue weighted by Crippen LogP contribution is 2.55. The fourth-order valence-corrected chi connectivity index (χ4v) is 5.02. The molecule has 29 heavy (non-hydrogen) atoms. The summed E-state index contributed by atoms with van der Waals surface area (Å²) in [6.07, 6.45) is 0.448. The van der Waals surface area contributed by atoms with Crippen LogP contribution in [0.25, 0.3) is 0 Å². The normalized spacial score (nSPS) is 24.4. The van der Waals surface area contributed by atoms with E-state index in [1.54, 1.807) is 42.3 Å². The molecular weight excluding hydrogens is 434 g/mol. The van der Waals surface area contributed by atoms with Crippen molar-refractivity contribution in [2.24, 2.45) is 0 Å². The molecule has 0 fully saturated rings. The molecule has 152 valence electrons. The summed E-state index contributed by atoms with van der Waals surface area (Å²) >= 11 is 3.35. The number of anilines is 1. The predicted molar refractivity (Wildman–Crippen MR) is 115 cm³/mol. The van der Waals surface area contributed by atoms with Gasteiger partial charge >= 0.3 is 0 Å². The molecule has 0 saturated carbocycles. The average Bonchev–Trinajstić information content (AvgIpc) is 2.88. The van der Waals surface area contributed by atoms with Crippen LogP contribution in [0.4, 0.5) is 5.69 Å². The Hall–Kier alpha value is -2.18. The minimum atomic E-state index is -1.91. The zero-order chi connectivity index (χ0) is 21.1. The molecule has 2 unspecified atom stereocenters. The minimum absolute atomic E-state index is 0.197. The van der Waals surface area contributed by atoms with Gasteiger partial charge in [0.1, 0.15) is 5.75 Å². The van der Waals surface area contributed by atoms with E-state index in [0.29, 0.717) is 16.9 Å². The number of amides is 1. The summed E-state index contributed by atoms with van der Waals surface area (Å²) < 4.78 is 6.30. The maximum Gasteiger partial charge on any atom is 0.264 e. The van der Waals surface area contributed by atoms with Gasteiger partial charge in [0.25, 0.3) is 5.91 Å². The van der Waals surface area contributed by atoms with Crippen LogP contribution < -0.4 is 9.64 Å². The predicted octanol–water partition coefficient (Wildman–Crippen LogP) is 4.55. The first-order valence-corrected chi connectivity index (χ1v) is 10.5. The SMILES string of the molecule is COc1cc2c3c(c1)C(O)(CC(=O)c1ccc(Br)cc1)C(=O)N3C(C)(C)CC2C. The van der Waals surface area contributed by atoms with E-state index >= 15 is 0 Å². The number of aliphatic hydroxyl groups is 1. The van der Waals surface area contributed by atoms with E-state index in [0.717, 1.165) is 22.1 Å². The van der Waals surface area contributed by atoms with Crippen molar-refractivity contribution in [2.75, 3.05) is 12.0 Å². The molecule has 0 radical (unpaired) electrons. The largest absolute Gasteiger partial charge is 0.497 e. The highest BCUT2D eigenvalue weighted by molar-refractivity contribution is 9.10. The second-order valence-corrected chi connectivity index (χ2v) is 9.55. The molecule has 4 rings (SSSR count). The van der Waals surface area contributed by atoms with Crippen LogP contribution in [0.15, 0.2) is 40.9 Å². The van der Waals surface area contributed by atoms with Gasteiger partial charge in [-0.05, 0) is 56.0 Å². The van der Waals surface area contributed by atoms with Crippen molar-refractivity contribution in [3.05, 3.63) is 57.6 Å². The van der Waals surface area contributed by atoms with E-state index in [4.69, 9.17) is 4.74 Å². The summed E-state index contributed by atoms with van der Waals surface area (Å²) in [6.45, 7) is 6.12. The second kappa shape index (κ2) is 6.67. The Labute approximate surface area is 178 Å². The average molecular weight is 458 g/mol. The Morgan fingerprint density at radius 1 is 1.28 bits per heavy atom. The lowest BCUT2D eigenvalue weighted by Gasteiger charge is -2.44. The molecule has 1 amide bonds. The van der Waals surface area contributed by atoms with E-state index in [1.807, 2.05) is 19.9 Å². The van der Waals surface area contributed by atoms with Crippen LogP contribution in [0, 0.1) is 0 Å². The molecule has 0 saturated heterocycles. The van der Waals surface area contributed by atoms with Crippen LogP contribution in [0.5, 0.6) is 5.75 Å². The number of benzene rings is 2. The molecule has 0 bridgehead atoms. The van der Waals surface area contributed by atoms with Gasteiger partial charge in [-0.3, -0.25) is 9.59 Å². The Kier molecular flexibility index (Phi) is 4.63. The summed E-state index contributed by atoms with van der Waals surface area (Å²) in [5.74, 6) is 0.0527. The molecule has 0 aromatic heterocycles. The van der Waals surface area contributed by atoms with E-state index < -0.39 is 17.0 Å². The quantitative estimate of drug-likeness (QED) is 0.683. The number of rotatable bonds is 4. The number of nitrogens with zero attached hydrogens (tertiary/aromatic N) is 1. The highest BCUT2D eigenvalue weighted by Gasteiger charge is 2.57. The summed E-state index contributed by atoms with van der Waals surface area (Å²) in [7, 11) is 1.56. The first-order chi connectivity index (χ1) is 13.6. The van der Waals surface area contributed by atoms with Crippen molar-refractivity contribution in [1.29, 1.82) is 0 Å². The number of ether oxygens (including phenoxy) is 1. The Morgan fingerprint density at radius 3 is 2.55 bits per heavy atom. The van der Waals surface area contributed by atoms with E-state index in [2.05, 4.69) is 22.9 Å². The van der Waals surface area contributed by atoms with Crippen LogP contribution in [0.2, 0.25) is 0 Å². The zero-order valence-corrected chi connectivity index (χ0v) is 18.5. The van der Waals surface area contributed by atoms with Gasteiger partial charge in [-0.25, -0.2) is 0 Å². The highest BCUT2D eigenvalue weighted by atomic mass is 79.9. The summed E-state index contributed by atoms with van der Waals surface area (Å²) in [5.41, 5.74) is 0.244. The molecule has 0 spiro atoms. The molecular formula is C23H24BrNO4. The topological polar surface area (TPSA) is 66.8 Å². The van der Waals surface area contributed by atoms with Gasteiger partial charge in [0.05, 0.1) is 19.2 Å². The number of hydrogen-bond donors (Lipinski definition) is 1. The molecule has 2 aliphatic rings. The van der Waals surface area contributed by atoms with Crippen LogP contribution in [-0.2, 0) is 10.4 Å². The second-order valence-electron chi connectivity index (χ2n) is 8.64. The molecule has 6 heteroatoms. The fraction of sp³-hybridized carbons (Fsp3) is 0.391. The van der Waals surface area contributed by atoms with Gasteiger partial charge in [0, 0.05) is 21.1 Å². The summed E-state index contributed by atoms with van der Waals surface area (Å²) in [4.78, 5) is 28.2. The lowest BCUT2D eigenvalue weighted by molar-refractivity contribution is -0.137. The lowest BCUT2D eigenvalue weighted by Crippen LogP contribution is -2.53. The Morgan fingerprint density at radius 2 is 1.93 bits per heavy atom. The number of carbonyl (C=O) groups excluding carboxylic acids is 2. The van der Waals surface area contributed by atoms with Crippen molar-refractivity contribution in [1.82, 2.24) is 0 Å². The number of Topliss-reactive ketones (excluding diaryl/α,β-unsaturated/α-hetero) is 1. The number of methoxy groups -OCH3 is 1. The minimum Gasteiger partial charge on any atom is -0.497 e. The molecule has 5 nitrogen and oxygen atoms in total. The third-order valence-corrected chi connectivity index (χ3v) is 6.63. The molecule has 0 aliphatic carbocycles. The third kappa shape index (κ3) is 3.01. The standard InChI is InChI=1S/C23H24BrNO4/c1-13-11-22(2,3)25-20-17(13)9-16(29-4)10-18(20)23(28,21(25)27)12-19(26)14-5-7-15(24)8-6-14/h5-10,13,28H,11-12H2,1-4H3. The van der Waals surface area contributed by atoms with Crippen molar-refractivity contribution in [3.8, 4) is 5.75 Å². The van der Waals surface area contributed by atoms with E-state index in [-0.39, 0.29) is 18.1 Å². The smallest absolute Gasteiger partial charge is 0.264 e. The van der Waals surface area contributed by atoms with E-state index in [9.17, 15) is 14.7 Å². The fourth-order valence-electron chi connectivity index (χ4n) is 4.76. The summed E-state index contributed by atoms with van der Waals surface area (Å²) in [6, 6.07) is 10.5.